The van der Waals surface area contributed by atoms with E-state index in [0.29, 0.717) is 0 Å². The minimum absolute atomic E-state index is 0.239. The fraction of sp³-hybridized carbons (Fsp3) is 0.412. The van der Waals surface area contributed by atoms with Crippen LogP contribution in [0.4, 0.5) is 0 Å². The second-order valence-electron chi connectivity index (χ2n) is 5.27. The number of rotatable bonds is 5. The molecule has 0 spiro atoms. The molecule has 0 amide bonds. The normalized spacial score (nSPS) is 12.5. The maximum atomic E-state index is 5.76. The summed E-state index contributed by atoms with van der Waals surface area (Å²) in [6.45, 7) is 6.17. The van der Waals surface area contributed by atoms with Crippen LogP contribution in [0.1, 0.15) is 34.3 Å². The number of hydrogen-bond acceptors (Lipinski definition) is 3. The van der Waals surface area contributed by atoms with Gasteiger partial charge in [0.25, 0.3) is 0 Å². The molecule has 2 aromatic rings. The first-order chi connectivity index (χ1) is 9.97. The smallest absolute Gasteiger partial charge is 0.133 e. The number of halogens is 1. The molecule has 0 aliphatic carbocycles. The van der Waals surface area contributed by atoms with E-state index >= 15 is 0 Å². The van der Waals surface area contributed by atoms with E-state index in [-0.39, 0.29) is 6.04 Å². The van der Waals surface area contributed by atoms with Crippen molar-refractivity contribution in [2.24, 2.45) is 0 Å². The zero-order chi connectivity index (χ0) is 15.6. The van der Waals surface area contributed by atoms with Crippen molar-refractivity contribution in [1.82, 2.24) is 5.32 Å². The van der Waals surface area contributed by atoms with E-state index in [1.165, 1.54) is 16.7 Å². The first kappa shape index (κ1) is 16.1. The molecule has 1 N–H and O–H groups in total. The van der Waals surface area contributed by atoms with Crippen molar-refractivity contribution in [2.75, 3.05) is 14.2 Å². The molecule has 0 aliphatic rings. The van der Waals surface area contributed by atoms with Gasteiger partial charge in [-0.2, -0.15) is 0 Å². The van der Waals surface area contributed by atoms with Gasteiger partial charge in [-0.25, -0.2) is 0 Å². The summed E-state index contributed by atoms with van der Waals surface area (Å²) in [5.74, 6) is 2.85. The van der Waals surface area contributed by atoms with Crippen LogP contribution in [0.5, 0.6) is 5.75 Å². The molecule has 21 heavy (non-hydrogen) atoms. The standard InChI is InChI=1S/C17H22BrNO2/c1-10-11(2)21-12(3)17(10)15(19-4)9-13-6-7-16(20-5)14(18)8-13/h6-8,15,19H,9H2,1-5H3. The molecular weight excluding hydrogens is 330 g/mol. The first-order valence-electron chi connectivity index (χ1n) is 7.04. The Morgan fingerprint density at radius 1 is 1.24 bits per heavy atom. The zero-order valence-corrected chi connectivity index (χ0v) is 14.8. The maximum absolute atomic E-state index is 5.76. The maximum Gasteiger partial charge on any atom is 0.133 e. The van der Waals surface area contributed by atoms with Crippen LogP contribution in [0.2, 0.25) is 0 Å². The molecule has 3 nitrogen and oxygen atoms in total. The van der Waals surface area contributed by atoms with Gasteiger partial charge < -0.3 is 14.5 Å². The van der Waals surface area contributed by atoms with Crippen molar-refractivity contribution in [2.45, 2.75) is 33.2 Å². The Balaban J connectivity index is 2.29. The van der Waals surface area contributed by atoms with Crippen molar-refractivity contribution >= 4 is 15.9 Å². The van der Waals surface area contributed by atoms with Gasteiger partial charge in [-0.1, -0.05) is 6.07 Å². The molecule has 1 aromatic carbocycles. The van der Waals surface area contributed by atoms with Crippen LogP contribution in [-0.4, -0.2) is 14.2 Å². The Morgan fingerprint density at radius 3 is 2.43 bits per heavy atom. The number of likely N-dealkylation sites (N-methyl/N-ethyl adjacent to an activating group) is 1. The number of aryl methyl sites for hydroxylation is 2. The second-order valence-corrected chi connectivity index (χ2v) is 6.12. The molecule has 4 heteroatoms. The Morgan fingerprint density at radius 2 is 1.95 bits per heavy atom. The molecule has 1 unspecified atom stereocenters. The third kappa shape index (κ3) is 3.33. The lowest BCUT2D eigenvalue weighted by molar-refractivity contribution is 0.412. The van der Waals surface area contributed by atoms with Crippen molar-refractivity contribution in [3.63, 3.8) is 0 Å². The summed E-state index contributed by atoms with van der Waals surface area (Å²) in [6, 6.07) is 6.45. The van der Waals surface area contributed by atoms with Crippen molar-refractivity contribution in [3.05, 3.63) is 50.9 Å². The molecule has 0 saturated carbocycles. The average Bonchev–Trinajstić information content (AvgIpc) is 2.70. The predicted molar refractivity (Wildman–Crippen MR) is 89.1 cm³/mol. The lowest BCUT2D eigenvalue weighted by Gasteiger charge is -2.18. The van der Waals surface area contributed by atoms with Gasteiger partial charge in [0.15, 0.2) is 0 Å². The monoisotopic (exact) mass is 351 g/mol. The molecule has 1 aromatic heterocycles. The lowest BCUT2D eigenvalue weighted by Crippen LogP contribution is -2.20. The Hall–Kier alpha value is -1.26. The quantitative estimate of drug-likeness (QED) is 0.862. The molecule has 1 heterocycles. The van der Waals surface area contributed by atoms with Crippen LogP contribution in [0.25, 0.3) is 0 Å². The van der Waals surface area contributed by atoms with E-state index in [0.717, 1.165) is 28.2 Å². The molecule has 0 fully saturated rings. The summed E-state index contributed by atoms with van der Waals surface area (Å²) in [7, 11) is 3.67. The first-order valence-corrected chi connectivity index (χ1v) is 7.83. The van der Waals surface area contributed by atoms with Crippen LogP contribution < -0.4 is 10.1 Å². The third-order valence-corrected chi connectivity index (χ3v) is 4.59. The molecule has 114 valence electrons. The minimum atomic E-state index is 0.239. The fourth-order valence-corrected chi connectivity index (χ4v) is 3.33. The second kappa shape index (κ2) is 6.67. The summed E-state index contributed by atoms with van der Waals surface area (Å²) in [5.41, 5.74) is 3.75. The predicted octanol–water partition coefficient (Wildman–Crippen LogP) is 4.48. The molecule has 0 bridgehead atoms. The van der Waals surface area contributed by atoms with E-state index in [1.807, 2.05) is 27.0 Å². The average molecular weight is 352 g/mol. The van der Waals surface area contributed by atoms with Crippen molar-refractivity contribution < 1.29 is 9.15 Å². The third-order valence-electron chi connectivity index (χ3n) is 3.97. The molecule has 0 saturated heterocycles. The van der Waals surface area contributed by atoms with Crippen LogP contribution in [0.3, 0.4) is 0 Å². The largest absolute Gasteiger partial charge is 0.496 e. The highest BCUT2D eigenvalue weighted by Crippen LogP contribution is 2.31. The zero-order valence-electron chi connectivity index (χ0n) is 13.2. The van der Waals surface area contributed by atoms with Crippen LogP contribution in [0.15, 0.2) is 27.1 Å². The molecule has 1 atom stereocenters. The lowest BCUT2D eigenvalue weighted by atomic mass is 9.96. The van der Waals surface area contributed by atoms with Crippen LogP contribution in [-0.2, 0) is 6.42 Å². The number of furan rings is 1. The number of methoxy groups -OCH3 is 1. The van der Waals surface area contributed by atoms with Gasteiger partial charge in [0.1, 0.15) is 17.3 Å². The van der Waals surface area contributed by atoms with Crippen LogP contribution in [0, 0.1) is 20.8 Å². The number of hydrogen-bond donors (Lipinski definition) is 1. The molecule has 0 radical (unpaired) electrons. The Labute approximate surface area is 134 Å². The molecule has 0 aliphatic heterocycles. The highest BCUT2D eigenvalue weighted by molar-refractivity contribution is 9.10. The van der Waals surface area contributed by atoms with E-state index < -0.39 is 0 Å². The summed E-state index contributed by atoms with van der Waals surface area (Å²) >= 11 is 3.54. The summed E-state index contributed by atoms with van der Waals surface area (Å²) in [4.78, 5) is 0. The summed E-state index contributed by atoms with van der Waals surface area (Å²) in [5, 5.41) is 3.40. The van der Waals surface area contributed by atoms with Gasteiger partial charge in [-0.05, 0) is 73.4 Å². The van der Waals surface area contributed by atoms with E-state index in [9.17, 15) is 0 Å². The number of benzene rings is 1. The van der Waals surface area contributed by atoms with E-state index in [2.05, 4.69) is 40.3 Å². The SMILES string of the molecule is CNC(Cc1ccc(OC)c(Br)c1)c1c(C)oc(C)c1C. The van der Waals surface area contributed by atoms with Crippen molar-refractivity contribution in [1.29, 1.82) is 0 Å². The topological polar surface area (TPSA) is 34.4 Å². The van der Waals surface area contributed by atoms with Crippen LogP contribution >= 0.6 is 15.9 Å². The summed E-state index contributed by atoms with van der Waals surface area (Å²) in [6.07, 6.45) is 0.903. The Kier molecular flexibility index (Phi) is 5.12. The van der Waals surface area contributed by atoms with Gasteiger partial charge in [-0.15, -0.1) is 0 Å². The van der Waals surface area contributed by atoms with Gasteiger partial charge in [-0.3, -0.25) is 0 Å². The highest BCUT2D eigenvalue weighted by Gasteiger charge is 2.20. The van der Waals surface area contributed by atoms with Gasteiger partial charge >= 0.3 is 0 Å². The van der Waals surface area contributed by atoms with E-state index in [1.54, 1.807) is 7.11 Å². The number of nitrogens with one attached hydrogen (secondary N) is 1. The fourth-order valence-electron chi connectivity index (χ4n) is 2.74. The molecular formula is C17H22BrNO2. The highest BCUT2D eigenvalue weighted by atomic mass is 79.9. The van der Waals surface area contributed by atoms with Gasteiger partial charge in [0.05, 0.1) is 11.6 Å². The molecule has 2 rings (SSSR count). The van der Waals surface area contributed by atoms with Gasteiger partial charge in [0, 0.05) is 11.6 Å². The minimum Gasteiger partial charge on any atom is -0.496 e. The number of ether oxygens (including phenoxy) is 1. The van der Waals surface area contributed by atoms with Crippen molar-refractivity contribution in [3.8, 4) is 5.75 Å². The van der Waals surface area contributed by atoms with E-state index in [4.69, 9.17) is 9.15 Å². The summed E-state index contributed by atoms with van der Waals surface area (Å²) < 4.78 is 12.0. The Bertz CT molecular complexity index is 634. The van der Waals surface area contributed by atoms with Gasteiger partial charge in [0.2, 0.25) is 0 Å².